The van der Waals surface area contributed by atoms with Crippen LogP contribution in [-0.2, 0) is 15.3 Å². The number of ether oxygens (including phenoxy) is 1. The molecule has 0 spiro atoms. The second-order valence-corrected chi connectivity index (χ2v) is 8.83. The zero-order valence-electron chi connectivity index (χ0n) is 18.2. The molecule has 1 N–H and O–H groups in total. The molecular formula is C22H25ClN4O5S. The number of para-hydroxylation sites is 1. The van der Waals surface area contributed by atoms with Crippen LogP contribution in [0, 0.1) is 10.1 Å². The fourth-order valence-corrected chi connectivity index (χ4v) is 4.48. The number of hydrogen-bond donors (Lipinski definition) is 1. The lowest BCUT2D eigenvalue weighted by atomic mass is 10.2. The molecule has 33 heavy (non-hydrogen) atoms. The van der Waals surface area contributed by atoms with Gasteiger partial charge in [0, 0.05) is 38.0 Å². The van der Waals surface area contributed by atoms with Gasteiger partial charge in [-0.15, -0.1) is 11.8 Å². The van der Waals surface area contributed by atoms with Crippen molar-refractivity contribution in [3.8, 4) is 5.75 Å². The topological polar surface area (TPSA) is 105 Å². The summed E-state index contributed by atoms with van der Waals surface area (Å²) in [6.07, 6.45) is 0. The van der Waals surface area contributed by atoms with Gasteiger partial charge in [-0.25, -0.2) is 0 Å². The average molecular weight is 493 g/mol. The van der Waals surface area contributed by atoms with Crippen molar-refractivity contribution in [3.05, 3.63) is 63.2 Å². The maximum Gasteiger partial charge on any atom is 0.311 e. The van der Waals surface area contributed by atoms with Gasteiger partial charge in [-0.1, -0.05) is 29.8 Å². The number of carbonyl (C=O) groups is 2. The van der Waals surface area contributed by atoms with Gasteiger partial charge in [0.1, 0.15) is 0 Å². The lowest BCUT2D eigenvalue weighted by molar-refractivity contribution is -0.385. The highest BCUT2D eigenvalue weighted by molar-refractivity contribution is 7.99. The van der Waals surface area contributed by atoms with Crippen LogP contribution in [0.25, 0.3) is 0 Å². The SMILES string of the molecule is COc1ccc(CSCC(=O)N2CCN(CC(=O)Nc3ccccc3Cl)CC2)cc1[N+](=O)[O-]. The van der Waals surface area contributed by atoms with Crippen molar-refractivity contribution in [2.75, 3.05) is 50.9 Å². The van der Waals surface area contributed by atoms with Crippen LogP contribution < -0.4 is 10.1 Å². The number of nitrogens with zero attached hydrogens (tertiary/aromatic N) is 3. The fourth-order valence-electron chi connectivity index (χ4n) is 3.43. The smallest absolute Gasteiger partial charge is 0.311 e. The number of benzene rings is 2. The molecular weight excluding hydrogens is 468 g/mol. The summed E-state index contributed by atoms with van der Waals surface area (Å²) < 4.78 is 5.01. The molecule has 0 atom stereocenters. The summed E-state index contributed by atoms with van der Waals surface area (Å²) in [6, 6.07) is 11.9. The van der Waals surface area contributed by atoms with Gasteiger partial charge in [0.15, 0.2) is 5.75 Å². The Morgan fingerprint density at radius 3 is 2.58 bits per heavy atom. The molecule has 0 saturated carbocycles. The van der Waals surface area contributed by atoms with Crippen molar-refractivity contribution in [2.45, 2.75) is 5.75 Å². The predicted octanol–water partition coefficient (Wildman–Crippen LogP) is 3.27. The van der Waals surface area contributed by atoms with Gasteiger partial charge in [0.25, 0.3) is 0 Å². The molecule has 176 valence electrons. The number of piperazine rings is 1. The maximum absolute atomic E-state index is 12.5. The Hall–Kier alpha value is -2.82. The molecule has 0 aromatic heterocycles. The van der Waals surface area contributed by atoms with Crippen LogP contribution in [0.1, 0.15) is 5.56 Å². The third-order valence-electron chi connectivity index (χ3n) is 5.17. The van der Waals surface area contributed by atoms with Gasteiger partial charge in [0.2, 0.25) is 11.8 Å². The number of nitro groups is 1. The summed E-state index contributed by atoms with van der Waals surface area (Å²) in [4.78, 5) is 39.3. The highest BCUT2D eigenvalue weighted by atomic mass is 35.5. The van der Waals surface area contributed by atoms with E-state index in [-0.39, 0.29) is 35.5 Å². The minimum Gasteiger partial charge on any atom is -0.490 e. The van der Waals surface area contributed by atoms with E-state index in [0.717, 1.165) is 5.56 Å². The third kappa shape index (κ3) is 7.08. The number of halogens is 1. The third-order valence-corrected chi connectivity index (χ3v) is 6.49. The molecule has 0 radical (unpaired) electrons. The van der Waals surface area contributed by atoms with Crippen molar-refractivity contribution >= 4 is 46.6 Å². The first-order valence-corrected chi connectivity index (χ1v) is 11.8. The first kappa shape index (κ1) is 24.8. The minimum atomic E-state index is -0.480. The summed E-state index contributed by atoms with van der Waals surface area (Å²) >= 11 is 7.48. The standard InChI is InChI=1S/C22H25ClN4O5S/c1-32-20-7-6-16(12-19(20)27(30)31)14-33-15-22(29)26-10-8-25(9-11-26)13-21(28)24-18-5-3-2-4-17(18)23/h2-7,12H,8-11,13-15H2,1H3,(H,24,28). The summed E-state index contributed by atoms with van der Waals surface area (Å²) in [7, 11) is 1.39. The first-order valence-electron chi connectivity index (χ1n) is 10.3. The van der Waals surface area contributed by atoms with Crippen molar-refractivity contribution in [1.29, 1.82) is 0 Å². The Labute approximate surface area is 201 Å². The molecule has 2 aromatic rings. The molecule has 11 heteroatoms. The van der Waals surface area contributed by atoms with Crippen LogP contribution in [0.4, 0.5) is 11.4 Å². The Morgan fingerprint density at radius 2 is 1.91 bits per heavy atom. The number of thioether (sulfide) groups is 1. The van der Waals surface area contributed by atoms with Crippen molar-refractivity contribution in [1.82, 2.24) is 9.80 Å². The molecule has 1 saturated heterocycles. The van der Waals surface area contributed by atoms with Crippen molar-refractivity contribution in [2.24, 2.45) is 0 Å². The van der Waals surface area contributed by atoms with Crippen LogP contribution >= 0.6 is 23.4 Å². The molecule has 1 aliphatic rings. The highest BCUT2D eigenvalue weighted by Crippen LogP contribution is 2.29. The molecule has 1 fully saturated rings. The second kappa shape index (κ2) is 11.9. The van der Waals surface area contributed by atoms with E-state index in [1.165, 1.54) is 24.9 Å². The van der Waals surface area contributed by atoms with E-state index in [4.69, 9.17) is 16.3 Å². The van der Waals surface area contributed by atoms with E-state index in [0.29, 0.717) is 42.6 Å². The van der Waals surface area contributed by atoms with Gasteiger partial charge in [-0.3, -0.25) is 24.6 Å². The molecule has 0 unspecified atom stereocenters. The summed E-state index contributed by atoms with van der Waals surface area (Å²) in [5.41, 5.74) is 1.25. The Balaban J connectivity index is 1.40. The van der Waals surface area contributed by atoms with E-state index in [1.54, 1.807) is 41.3 Å². The quantitative estimate of drug-likeness (QED) is 0.423. The van der Waals surface area contributed by atoms with E-state index < -0.39 is 4.92 Å². The predicted molar refractivity (Wildman–Crippen MR) is 129 cm³/mol. The second-order valence-electron chi connectivity index (χ2n) is 7.44. The van der Waals surface area contributed by atoms with Crippen LogP contribution in [0.3, 0.4) is 0 Å². The van der Waals surface area contributed by atoms with Gasteiger partial charge in [-0.2, -0.15) is 0 Å². The van der Waals surface area contributed by atoms with Crippen molar-refractivity contribution < 1.29 is 19.2 Å². The molecule has 2 aromatic carbocycles. The zero-order valence-corrected chi connectivity index (χ0v) is 19.7. The van der Waals surface area contributed by atoms with Crippen molar-refractivity contribution in [3.63, 3.8) is 0 Å². The van der Waals surface area contributed by atoms with Gasteiger partial charge >= 0.3 is 5.69 Å². The van der Waals surface area contributed by atoms with Crippen LogP contribution in [0.2, 0.25) is 5.02 Å². The van der Waals surface area contributed by atoms with E-state index in [1.807, 2.05) is 4.90 Å². The maximum atomic E-state index is 12.5. The fraction of sp³-hybridized carbons (Fsp3) is 0.364. The monoisotopic (exact) mass is 492 g/mol. The van der Waals surface area contributed by atoms with Crippen LogP contribution in [0.15, 0.2) is 42.5 Å². The Kier molecular flexibility index (Phi) is 8.93. The number of carbonyl (C=O) groups excluding carboxylic acids is 2. The lowest BCUT2D eigenvalue weighted by Gasteiger charge is -2.34. The molecule has 2 amide bonds. The van der Waals surface area contributed by atoms with Crippen LogP contribution in [0.5, 0.6) is 5.75 Å². The molecule has 1 heterocycles. The molecule has 3 rings (SSSR count). The summed E-state index contributed by atoms with van der Waals surface area (Å²) in [6.45, 7) is 2.55. The largest absolute Gasteiger partial charge is 0.490 e. The number of rotatable bonds is 9. The van der Waals surface area contributed by atoms with E-state index in [2.05, 4.69) is 5.32 Å². The van der Waals surface area contributed by atoms with Gasteiger partial charge < -0.3 is 15.0 Å². The normalized spacial score (nSPS) is 14.1. The average Bonchev–Trinajstić information content (AvgIpc) is 2.80. The number of anilines is 1. The van der Waals surface area contributed by atoms with Gasteiger partial charge in [0.05, 0.1) is 35.0 Å². The first-order chi connectivity index (χ1) is 15.9. The van der Waals surface area contributed by atoms with E-state index >= 15 is 0 Å². The molecule has 1 aliphatic heterocycles. The zero-order chi connectivity index (χ0) is 23.8. The number of hydrogen-bond acceptors (Lipinski definition) is 7. The van der Waals surface area contributed by atoms with E-state index in [9.17, 15) is 19.7 Å². The molecule has 0 aliphatic carbocycles. The number of nitro benzene ring substituents is 1. The summed E-state index contributed by atoms with van der Waals surface area (Å²) in [5, 5.41) is 14.4. The van der Waals surface area contributed by atoms with Gasteiger partial charge in [-0.05, 0) is 23.8 Å². The highest BCUT2D eigenvalue weighted by Gasteiger charge is 2.23. The number of methoxy groups -OCH3 is 1. The molecule has 0 bridgehead atoms. The number of amides is 2. The Morgan fingerprint density at radius 1 is 1.18 bits per heavy atom. The minimum absolute atomic E-state index is 0.0168. The lowest BCUT2D eigenvalue weighted by Crippen LogP contribution is -2.50. The summed E-state index contributed by atoms with van der Waals surface area (Å²) in [5.74, 6) is 0.851. The van der Waals surface area contributed by atoms with Crippen LogP contribution in [-0.4, -0.2) is 72.1 Å². The Bertz CT molecular complexity index is 1010. The molecule has 9 nitrogen and oxygen atoms in total. The number of nitrogens with one attached hydrogen (secondary N) is 1.